The highest BCUT2D eigenvalue weighted by molar-refractivity contribution is 5.94. The first-order valence-electron chi connectivity index (χ1n) is 9.93. The maximum atomic E-state index is 13.0. The van der Waals surface area contributed by atoms with Gasteiger partial charge >= 0.3 is 0 Å². The van der Waals surface area contributed by atoms with Gasteiger partial charge in [-0.05, 0) is 56.1 Å². The second-order valence-electron chi connectivity index (χ2n) is 7.66. The minimum absolute atomic E-state index is 0.0389. The first kappa shape index (κ1) is 19.1. The monoisotopic (exact) mass is 361 g/mol. The van der Waals surface area contributed by atoms with Crippen molar-refractivity contribution >= 4 is 11.7 Å². The summed E-state index contributed by atoms with van der Waals surface area (Å²) in [5.74, 6) is 1.45. The zero-order chi connectivity index (χ0) is 18.4. The predicted molar refractivity (Wildman–Crippen MR) is 101 cm³/mol. The van der Waals surface area contributed by atoms with Crippen molar-refractivity contribution in [3.63, 3.8) is 0 Å². The molecule has 2 aliphatic heterocycles. The van der Waals surface area contributed by atoms with Crippen LogP contribution in [0.25, 0.3) is 0 Å². The molecule has 6 heteroatoms. The van der Waals surface area contributed by atoms with Gasteiger partial charge in [0.2, 0.25) is 0 Å². The fourth-order valence-corrected chi connectivity index (χ4v) is 4.05. The molecule has 6 nitrogen and oxygen atoms in total. The van der Waals surface area contributed by atoms with E-state index in [4.69, 9.17) is 0 Å². The van der Waals surface area contributed by atoms with Crippen LogP contribution in [-0.2, 0) is 0 Å². The number of aliphatic hydroxyl groups is 2. The molecular weight excluding hydrogens is 330 g/mol. The first-order chi connectivity index (χ1) is 12.7. The van der Waals surface area contributed by atoms with Crippen molar-refractivity contribution < 1.29 is 15.0 Å². The second kappa shape index (κ2) is 9.33. The third kappa shape index (κ3) is 4.74. The number of aromatic nitrogens is 1. The molecule has 0 saturated carbocycles. The molecule has 0 bridgehead atoms. The lowest BCUT2D eigenvalue weighted by molar-refractivity contribution is 0.0720. The summed E-state index contributed by atoms with van der Waals surface area (Å²) in [4.78, 5) is 21.6. The van der Waals surface area contributed by atoms with Crippen LogP contribution in [0, 0.1) is 11.8 Å². The van der Waals surface area contributed by atoms with Gasteiger partial charge in [-0.3, -0.25) is 4.79 Å². The molecule has 0 aliphatic carbocycles. The molecule has 3 rings (SSSR count). The number of pyridine rings is 1. The summed E-state index contributed by atoms with van der Waals surface area (Å²) in [6.07, 6.45) is 7.81. The zero-order valence-electron chi connectivity index (χ0n) is 15.5. The van der Waals surface area contributed by atoms with E-state index in [1.807, 2.05) is 11.0 Å². The van der Waals surface area contributed by atoms with Gasteiger partial charge in [-0.15, -0.1) is 0 Å². The maximum absolute atomic E-state index is 13.0. The Bertz CT molecular complexity index is 595. The van der Waals surface area contributed by atoms with Crippen LogP contribution in [0.2, 0.25) is 0 Å². The van der Waals surface area contributed by atoms with E-state index in [1.165, 1.54) is 0 Å². The number of anilines is 1. The van der Waals surface area contributed by atoms with Gasteiger partial charge in [0.1, 0.15) is 5.82 Å². The second-order valence-corrected chi connectivity index (χ2v) is 7.66. The minimum atomic E-state index is 0.0389. The van der Waals surface area contributed by atoms with E-state index in [1.54, 1.807) is 12.3 Å². The highest BCUT2D eigenvalue weighted by Gasteiger charge is 2.24. The number of hydrogen-bond donors (Lipinski definition) is 2. The molecule has 2 fully saturated rings. The Morgan fingerprint density at radius 3 is 2.65 bits per heavy atom. The van der Waals surface area contributed by atoms with Crippen molar-refractivity contribution in [2.75, 3.05) is 44.3 Å². The topological polar surface area (TPSA) is 76.9 Å². The molecule has 3 heterocycles. The minimum Gasteiger partial charge on any atom is -0.396 e. The number of rotatable bonds is 4. The molecule has 0 aromatic carbocycles. The van der Waals surface area contributed by atoms with Gasteiger partial charge < -0.3 is 20.0 Å². The van der Waals surface area contributed by atoms with Gasteiger partial charge in [0.25, 0.3) is 5.91 Å². The lowest BCUT2D eigenvalue weighted by Crippen LogP contribution is -2.35. The van der Waals surface area contributed by atoms with E-state index >= 15 is 0 Å². The summed E-state index contributed by atoms with van der Waals surface area (Å²) < 4.78 is 0. The normalized spacial score (nSPS) is 24.8. The molecule has 0 spiro atoms. The van der Waals surface area contributed by atoms with E-state index in [2.05, 4.69) is 9.88 Å². The molecule has 2 saturated heterocycles. The van der Waals surface area contributed by atoms with Crippen LogP contribution < -0.4 is 4.90 Å². The van der Waals surface area contributed by atoms with Crippen LogP contribution in [0.15, 0.2) is 18.3 Å². The van der Waals surface area contributed by atoms with Crippen molar-refractivity contribution in [1.29, 1.82) is 0 Å². The number of amides is 1. The molecule has 1 amide bonds. The van der Waals surface area contributed by atoms with E-state index in [9.17, 15) is 15.0 Å². The molecule has 144 valence electrons. The summed E-state index contributed by atoms with van der Waals surface area (Å²) in [6, 6.07) is 3.69. The average molecular weight is 361 g/mol. The largest absolute Gasteiger partial charge is 0.396 e. The Hall–Kier alpha value is -1.66. The molecule has 1 aromatic heterocycles. The highest BCUT2D eigenvalue weighted by Crippen LogP contribution is 2.23. The number of carbonyl (C=O) groups is 1. The Kier molecular flexibility index (Phi) is 6.86. The van der Waals surface area contributed by atoms with Crippen molar-refractivity contribution in [1.82, 2.24) is 9.88 Å². The number of aliphatic hydroxyl groups excluding tert-OH is 2. The third-order valence-corrected chi connectivity index (χ3v) is 5.74. The molecule has 2 atom stereocenters. The fraction of sp³-hybridized carbons (Fsp3) is 0.700. The maximum Gasteiger partial charge on any atom is 0.254 e. The average Bonchev–Trinajstić information content (AvgIpc) is 3.08. The van der Waals surface area contributed by atoms with Crippen molar-refractivity contribution in [2.45, 2.75) is 38.5 Å². The van der Waals surface area contributed by atoms with Gasteiger partial charge in [-0.1, -0.05) is 6.42 Å². The van der Waals surface area contributed by atoms with Gasteiger partial charge in [-0.2, -0.15) is 0 Å². The Morgan fingerprint density at radius 1 is 1.04 bits per heavy atom. The van der Waals surface area contributed by atoms with Crippen LogP contribution in [0.1, 0.15) is 48.9 Å². The molecule has 2 unspecified atom stereocenters. The lowest BCUT2D eigenvalue weighted by Gasteiger charge is -2.25. The molecule has 2 aliphatic rings. The molecule has 0 radical (unpaired) electrons. The van der Waals surface area contributed by atoms with E-state index in [0.717, 1.165) is 64.0 Å². The van der Waals surface area contributed by atoms with Crippen LogP contribution in [-0.4, -0.2) is 65.4 Å². The highest BCUT2D eigenvalue weighted by atomic mass is 16.3. The summed E-state index contributed by atoms with van der Waals surface area (Å²) in [5.41, 5.74) is 0.677. The van der Waals surface area contributed by atoms with E-state index in [0.29, 0.717) is 18.0 Å². The summed E-state index contributed by atoms with van der Waals surface area (Å²) in [5, 5.41) is 18.9. The van der Waals surface area contributed by atoms with Crippen molar-refractivity contribution in [3.05, 3.63) is 23.9 Å². The van der Waals surface area contributed by atoms with Gasteiger partial charge in [0, 0.05) is 51.2 Å². The third-order valence-electron chi connectivity index (χ3n) is 5.74. The number of carbonyl (C=O) groups excluding carboxylic acids is 1. The van der Waals surface area contributed by atoms with E-state index < -0.39 is 0 Å². The number of hydrogen-bond acceptors (Lipinski definition) is 5. The fourth-order valence-electron chi connectivity index (χ4n) is 4.05. The zero-order valence-corrected chi connectivity index (χ0v) is 15.5. The SMILES string of the molecule is O=C(c1ccnc(N2CCCC(CO)CC2)c1)N1CCCCC(CO)C1. The molecule has 1 aromatic rings. The number of nitrogens with zero attached hydrogens (tertiary/aromatic N) is 3. The van der Waals surface area contributed by atoms with Gasteiger partial charge in [0.15, 0.2) is 0 Å². The molecular formula is C20H31N3O3. The van der Waals surface area contributed by atoms with Crippen molar-refractivity contribution in [3.8, 4) is 0 Å². The van der Waals surface area contributed by atoms with Crippen molar-refractivity contribution in [2.24, 2.45) is 11.8 Å². The summed E-state index contributed by atoms with van der Waals surface area (Å²) >= 11 is 0. The van der Waals surface area contributed by atoms with Crippen LogP contribution >= 0.6 is 0 Å². The van der Waals surface area contributed by atoms with Crippen LogP contribution in [0.5, 0.6) is 0 Å². The Labute approximate surface area is 155 Å². The van der Waals surface area contributed by atoms with Crippen LogP contribution in [0.4, 0.5) is 5.82 Å². The quantitative estimate of drug-likeness (QED) is 0.857. The molecule has 26 heavy (non-hydrogen) atoms. The summed E-state index contributed by atoms with van der Waals surface area (Å²) in [6.45, 7) is 3.57. The Balaban J connectivity index is 1.71. The van der Waals surface area contributed by atoms with Gasteiger partial charge in [0.05, 0.1) is 0 Å². The summed E-state index contributed by atoms with van der Waals surface area (Å²) in [7, 11) is 0. The van der Waals surface area contributed by atoms with Crippen LogP contribution in [0.3, 0.4) is 0 Å². The smallest absolute Gasteiger partial charge is 0.254 e. The van der Waals surface area contributed by atoms with E-state index in [-0.39, 0.29) is 25.0 Å². The number of likely N-dealkylation sites (tertiary alicyclic amines) is 1. The molecule has 2 N–H and O–H groups in total. The van der Waals surface area contributed by atoms with Gasteiger partial charge in [-0.25, -0.2) is 4.98 Å². The first-order valence-corrected chi connectivity index (χ1v) is 9.93. The lowest BCUT2D eigenvalue weighted by atomic mass is 10.0. The Morgan fingerprint density at radius 2 is 1.85 bits per heavy atom. The predicted octanol–water partition coefficient (Wildman–Crippen LogP) is 1.92. The standard InChI is InChI=1S/C20H31N3O3/c24-14-16-5-3-10-22(11-7-16)19-12-18(6-8-21-19)20(26)23-9-2-1-4-17(13-23)15-25/h6,8,12,16-17,24-25H,1-5,7,9-11,13-15H2.